The molecule has 2 heteroatoms. The molecule has 0 saturated carbocycles. The van der Waals surface area contributed by atoms with Gasteiger partial charge in [-0.15, -0.1) is 6.58 Å². The van der Waals surface area contributed by atoms with Gasteiger partial charge < -0.3 is 9.84 Å². The average Bonchev–Trinajstić information content (AvgIpc) is 2.33. The van der Waals surface area contributed by atoms with Gasteiger partial charge in [0, 0.05) is 0 Å². The molecule has 0 aromatic heterocycles. The van der Waals surface area contributed by atoms with Gasteiger partial charge in [0.1, 0.15) is 0 Å². The largest absolute Gasteiger partial charge is 0.390 e. The number of hydrogen-bond donors (Lipinski definition) is 1. The van der Waals surface area contributed by atoms with E-state index in [2.05, 4.69) is 20.4 Å². The van der Waals surface area contributed by atoms with Crippen molar-refractivity contribution in [2.24, 2.45) is 0 Å². The molecule has 0 rings (SSSR count). The number of hydrogen-bond acceptors (Lipinski definition) is 2. The van der Waals surface area contributed by atoms with Gasteiger partial charge in [-0.2, -0.15) is 0 Å². The van der Waals surface area contributed by atoms with Gasteiger partial charge in [0.15, 0.2) is 0 Å². The maximum Gasteiger partial charge on any atom is 0.0838 e. The Morgan fingerprint density at radius 3 is 2.18 bits per heavy atom. The Morgan fingerprint density at radius 2 is 1.65 bits per heavy atom. The second-order valence-corrected chi connectivity index (χ2v) is 4.72. The second-order valence-electron chi connectivity index (χ2n) is 4.72. The van der Waals surface area contributed by atoms with Crippen LogP contribution in [-0.4, -0.2) is 23.9 Å². The van der Waals surface area contributed by atoms with Crippen molar-refractivity contribution in [1.82, 2.24) is 0 Å². The first-order valence-corrected chi connectivity index (χ1v) is 7.16. The lowest BCUT2D eigenvalue weighted by atomic mass is 10.0. The predicted molar refractivity (Wildman–Crippen MR) is 74.2 cm³/mol. The van der Waals surface area contributed by atoms with Crippen molar-refractivity contribution in [2.75, 3.05) is 6.61 Å². The summed E-state index contributed by atoms with van der Waals surface area (Å²) in [6.45, 7) is 8.57. The molecular formula is C15H30O2. The number of aliphatic hydroxyl groups is 1. The third-order valence-electron chi connectivity index (χ3n) is 3.05. The maximum absolute atomic E-state index is 10.1. The van der Waals surface area contributed by atoms with Crippen LogP contribution in [0, 0.1) is 0 Å². The van der Waals surface area contributed by atoms with Crippen LogP contribution in [0.1, 0.15) is 65.2 Å². The number of ether oxygens (including phenoxy) is 1. The zero-order valence-electron chi connectivity index (χ0n) is 11.7. The summed E-state index contributed by atoms with van der Waals surface area (Å²) in [5.74, 6) is 0. The lowest BCUT2D eigenvalue weighted by molar-refractivity contribution is -0.0358. The van der Waals surface area contributed by atoms with Crippen molar-refractivity contribution >= 4 is 0 Å². The van der Waals surface area contributed by atoms with E-state index in [0.29, 0.717) is 6.61 Å². The minimum atomic E-state index is -0.307. The summed E-state index contributed by atoms with van der Waals surface area (Å²) in [5, 5.41) is 10.1. The van der Waals surface area contributed by atoms with Crippen LogP contribution in [0.15, 0.2) is 12.7 Å². The highest BCUT2D eigenvalue weighted by Crippen LogP contribution is 2.15. The van der Waals surface area contributed by atoms with Crippen molar-refractivity contribution in [2.45, 2.75) is 77.4 Å². The summed E-state index contributed by atoms with van der Waals surface area (Å²) in [6, 6.07) is 0. The van der Waals surface area contributed by atoms with Gasteiger partial charge in [-0.3, -0.25) is 0 Å². The van der Waals surface area contributed by atoms with Crippen LogP contribution in [0.3, 0.4) is 0 Å². The van der Waals surface area contributed by atoms with Crippen molar-refractivity contribution in [3.8, 4) is 0 Å². The summed E-state index contributed by atoms with van der Waals surface area (Å²) in [7, 11) is 0. The number of aliphatic hydroxyl groups excluding tert-OH is 1. The third-order valence-corrected chi connectivity index (χ3v) is 3.05. The Morgan fingerprint density at radius 1 is 1.06 bits per heavy atom. The zero-order valence-corrected chi connectivity index (χ0v) is 11.7. The maximum atomic E-state index is 10.1. The minimum Gasteiger partial charge on any atom is -0.390 e. The topological polar surface area (TPSA) is 29.5 Å². The normalized spacial score (nSPS) is 14.5. The van der Waals surface area contributed by atoms with E-state index in [1.807, 2.05) is 0 Å². The van der Waals surface area contributed by atoms with Crippen LogP contribution < -0.4 is 0 Å². The molecule has 0 amide bonds. The number of rotatable bonds is 12. The van der Waals surface area contributed by atoms with E-state index in [4.69, 9.17) is 4.74 Å². The van der Waals surface area contributed by atoms with Crippen LogP contribution in [-0.2, 0) is 4.74 Å². The Hall–Kier alpha value is -0.340. The van der Waals surface area contributed by atoms with E-state index in [0.717, 1.165) is 25.7 Å². The third kappa shape index (κ3) is 9.37. The highest BCUT2D eigenvalue weighted by molar-refractivity contribution is 4.73. The van der Waals surface area contributed by atoms with Crippen LogP contribution in [0.5, 0.6) is 0 Å². The first-order chi connectivity index (χ1) is 8.26. The molecule has 2 atom stereocenters. The Bertz CT molecular complexity index is 168. The van der Waals surface area contributed by atoms with Gasteiger partial charge in [0.2, 0.25) is 0 Å². The van der Waals surface area contributed by atoms with Crippen molar-refractivity contribution in [3.05, 3.63) is 12.7 Å². The smallest absolute Gasteiger partial charge is 0.0838 e. The van der Waals surface area contributed by atoms with Crippen LogP contribution in [0.4, 0.5) is 0 Å². The van der Waals surface area contributed by atoms with E-state index in [-0.39, 0.29) is 12.2 Å². The Labute approximate surface area is 107 Å². The van der Waals surface area contributed by atoms with Gasteiger partial charge in [-0.1, -0.05) is 58.4 Å². The highest BCUT2D eigenvalue weighted by atomic mass is 16.5. The minimum absolute atomic E-state index is 0.00333. The molecule has 0 bridgehead atoms. The SMILES string of the molecule is C=CCOC(CCCCC)C(O)CCCCC. The zero-order chi connectivity index (χ0) is 12.9. The van der Waals surface area contributed by atoms with E-state index >= 15 is 0 Å². The first-order valence-electron chi connectivity index (χ1n) is 7.16. The molecule has 0 aliphatic rings. The summed E-state index contributed by atoms with van der Waals surface area (Å²) in [4.78, 5) is 0. The fourth-order valence-corrected chi connectivity index (χ4v) is 1.96. The molecular weight excluding hydrogens is 212 g/mol. The van der Waals surface area contributed by atoms with Gasteiger partial charge >= 0.3 is 0 Å². The second kappa shape index (κ2) is 12.1. The molecule has 1 N–H and O–H groups in total. The van der Waals surface area contributed by atoms with E-state index in [1.165, 1.54) is 25.7 Å². The molecule has 0 aromatic carbocycles. The van der Waals surface area contributed by atoms with Crippen LogP contribution >= 0.6 is 0 Å². The molecule has 17 heavy (non-hydrogen) atoms. The average molecular weight is 242 g/mol. The standard InChI is InChI=1S/C15H30O2/c1-4-7-9-11-14(16)15(17-13-6-3)12-10-8-5-2/h6,14-16H,3-5,7-13H2,1-2H3. The summed E-state index contributed by atoms with van der Waals surface area (Å²) >= 11 is 0. The van der Waals surface area contributed by atoms with Gasteiger partial charge in [0.25, 0.3) is 0 Å². The molecule has 2 unspecified atom stereocenters. The lowest BCUT2D eigenvalue weighted by Gasteiger charge is -2.23. The predicted octanol–water partition coefficient (Wildman–Crippen LogP) is 4.08. The van der Waals surface area contributed by atoms with Crippen molar-refractivity contribution in [1.29, 1.82) is 0 Å². The van der Waals surface area contributed by atoms with Gasteiger partial charge in [-0.25, -0.2) is 0 Å². The highest BCUT2D eigenvalue weighted by Gasteiger charge is 2.18. The van der Waals surface area contributed by atoms with Gasteiger partial charge in [-0.05, 0) is 12.8 Å². The molecule has 2 nitrogen and oxygen atoms in total. The summed E-state index contributed by atoms with van der Waals surface area (Å²) in [6.07, 6.45) is 10.3. The molecule has 0 aliphatic carbocycles. The molecule has 0 saturated heterocycles. The lowest BCUT2D eigenvalue weighted by Crippen LogP contribution is -2.29. The van der Waals surface area contributed by atoms with Crippen LogP contribution in [0.25, 0.3) is 0 Å². The monoisotopic (exact) mass is 242 g/mol. The van der Waals surface area contributed by atoms with E-state index < -0.39 is 0 Å². The van der Waals surface area contributed by atoms with Gasteiger partial charge in [0.05, 0.1) is 18.8 Å². The van der Waals surface area contributed by atoms with Crippen molar-refractivity contribution in [3.63, 3.8) is 0 Å². The van der Waals surface area contributed by atoms with E-state index in [9.17, 15) is 5.11 Å². The van der Waals surface area contributed by atoms with Crippen LogP contribution in [0.2, 0.25) is 0 Å². The molecule has 0 radical (unpaired) electrons. The number of unbranched alkanes of at least 4 members (excludes halogenated alkanes) is 4. The Balaban J connectivity index is 3.90. The fraction of sp³-hybridized carbons (Fsp3) is 0.867. The summed E-state index contributed by atoms with van der Waals surface area (Å²) in [5.41, 5.74) is 0. The first kappa shape index (κ1) is 16.7. The molecule has 102 valence electrons. The molecule has 0 aromatic rings. The quantitative estimate of drug-likeness (QED) is 0.413. The molecule has 0 heterocycles. The molecule has 0 aliphatic heterocycles. The van der Waals surface area contributed by atoms with E-state index in [1.54, 1.807) is 6.08 Å². The fourth-order valence-electron chi connectivity index (χ4n) is 1.96. The van der Waals surface area contributed by atoms with Crippen molar-refractivity contribution < 1.29 is 9.84 Å². The Kier molecular flexibility index (Phi) is 11.9. The molecule has 0 spiro atoms. The summed E-state index contributed by atoms with van der Waals surface area (Å²) < 4.78 is 5.66. The molecule has 0 fully saturated rings.